The highest BCUT2D eigenvalue weighted by molar-refractivity contribution is 6.08. The van der Waals surface area contributed by atoms with Gasteiger partial charge in [0.25, 0.3) is 0 Å². The molecule has 2 aliphatic carbocycles. The Balaban J connectivity index is 0.000000181. The van der Waals surface area contributed by atoms with E-state index >= 15 is 0 Å². The third-order valence-corrected chi connectivity index (χ3v) is 5.95. The maximum atomic E-state index is 7.00. The first-order chi connectivity index (χ1) is 14.4. The second-order valence-corrected chi connectivity index (χ2v) is 7.60. The van der Waals surface area contributed by atoms with Crippen molar-refractivity contribution in [3.63, 3.8) is 0 Å². The van der Waals surface area contributed by atoms with Gasteiger partial charge in [-0.1, -0.05) is 84.9 Å². The van der Waals surface area contributed by atoms with Gasteiger partial charge >= 0.3 is 0 Å². The maximum Gasteiger partial charge on any atom is 0.0319 e. The standard InChI is InChI=1S/C18H16.C9H8.CH4O.ClH/c1-3-7-15-13(5-1)9-11-18-16-8-4-2-6-14(16)10-12-17(15)18;1-2-5-9-7-3-6-8(9)4-1;1-2;/h1,3,5,7,9-12H,2,4,6,8H2;1-6H,7H2;2H,1H3;1H. The summed E-state index contributed by atoms with van der Waals surface area (Å²) in [6.45, 7) is 0. The van der Waals surface area contributed by atoms with Gasteiger partial charge in [-0.25, -0.2) is 0 Å². The third kappa shape index (κ3) is 4.43. The van der Waals surface area contributed by atoms with E-state index in [9.17, 15) is 0 Å². The van der Waals surface area contributed by atoms with Gasteiger partial charge in [0.1, 0.15) is 0 Å². The molecule has 1 N–H and O–H groups in total. The highest BCUT2D eigenvalue weighted by Crippen LogP contribution is 2.33. The largest absolute Gasteiger partial charge is 0.400 e. The first kappa shape index (κ1) is 22.1. The molecule has 2 heteroatoms. The van der Waals surface area contributed by atoms with E-state index in [0.29, 0.717) is 0 Å². The number of halogens is 1. The monoisotopic (exact) mass is 416 g/mol. The Morgan fingerprint density at radius 3 is 2.23 bits per heavy atom. The molecule has 4 aromatic rings. The number of hydrogen-bond donors (Lipinski definition) is 1. The molecule has 0 aliphatic heterocycles. The predicted octanol–water partition coefficient (Wildman–Crippen LogP) is 7.16. The smallest absolute Gasteiger partial charge is 0.0319 e. The number of hydrogen-bond acceptors (Lipinski definition) is 1. The van der Waals surface area contributed by atoms with Crippen molar-refractivity contribution in [3.05, 3.63) is 101 Å². The fraction of sp³-hybridized carbons (Fsp3) is 0.214. The Kier molecular flexibility index (Phi) is 7.68. The molecule has 6 rings (SSSR count). The van der Waals surface area contributed by atoms with E-state index in [4.69, 9.17) is 5.11 Å². The number of aliphatic hydroxyl groups excluding tert-OH is 1. The lowest BCUT2D eigenvalue weighted by atomic mass is 9.86. The highest BCUT2D eigenvalue weighted by Gasteiger charge is 2.13. The lowest BCUT2D eigenvalue weighted by molar-refractivity contribution is 0.399. The minimum Gasteiger partial charge on any atom is -0.400 e. The Morgan fingerprint density at radius 1 is 0.633 bits per heavy atom. The topological polar surface area (TPSA) is 20.2 Å². The average Bonchev–Trinajstić information content (AvgIpc) is 3.29. The van der Waals surface area contributed by atoms with E-state index < -0.39 is 0 Å². The molecule has 0 atom stereocenters. The van der Waals surface area contributed by atoms with Crippen molar-refractivity contribution >= 4 is 40.0 Å². The van der Waals surface area contributed by atoms with Crippen LogP contribution in [0.25, 0.3) is 27.6 Å². The molecule has 2 aliphatic rings. The predicted molar refractivity (Wildman–Crippen MR) is 133 cm³/mol. The first-order valence-electron chi connectivity index (χ1n) is 10.5. The number of aryl methyl sites for hydroxylation is 2. The lowest BCUT2D eigenvalue weighted by Gasteiger charge is -2.18. The fourth-order valence-electron chi connectivity index (χ4n) is 4.54. The fourth-order valence-corrected chi connectivity index (χ4v) is 4.54. The Morgan fingerprint density at radius 2 is 1.37 bits per heavy atom. The summed E-state index contributed by atoms with van der Waals surface area (Å²) in [6.07, 6.45) is 10.7. The van der Waals surface area contributed by atoms with Crippen LogP contribution in [0.5, 0.6) is 0 Å². The summed E-state index contributed by atoms with van der Waals surface area (Å²) in [5, 5.41) is 12.6. The van der Waals surface area contributed by atoms with Crippen molar-refractivity contribution < 1.29 is 5.11 Å². The van der Waals surface area contributed by atoms with Gasteiger partial charge < -0.3 is 5.11 Å². The van der Waals surface area contributed by atoms with E-state index in [-0.39, 0.29) is 12.4 Å². The molecule has 1 nitrogen and oxygen atoms in total. The summed E-state index contributed by atoms with van der Waals surface area (Å²) in [5.41, 5.74) is 6.02. The Bertz CT molecular complexity index is 1160. The van der Waals surface area contributed by atoms with Crippen LogP contribution in [0.3, 0.4) is 0 Å². The molecule has 0 unspecified atom stereocenters. The van der Waals surface area contributed by atoms with Crippen molar-refractivity contribution in [2.75, 3.05) is 7.11 Å². The number of allylic oxidation sites excluding steroid dienone is 1. The Hall–Kier alpha value is -2.61. The number of aliphatic hydroxyl groups is 1. The number of fused-ring (bicyclic) bond motifs is 6. The molecule has 0 heterocycles. The lowest BCUT2D eigenvalue weighted by Crippen LogP contribution is -2.02. The zero-order valence-corrected chi connectivity index (χ0v) is 18.3. The van der Waals surface area contributed by atoms with Gasteiger partial charge in [0, 0.05) is 7.11 Å². The van der Waals surface area contributed by atoms with Crippen molar-refractivity contribution in [2.45, 2.75) is 32.1 Å². The van der Waals surface area contributed by atoms with Gasteiger partial charge in [-0.2, -0.15) is 0 Å². The SMILES string of the molecule is C1=Cc2ccccc2C1.CO.Cl.c1ccc2c(c1)ccc1c3c(ccc12)CCCC3. The summed E-state index contributed by atoms with van der Waals surface area (Å²) in [4.78, 5) is 0. The first-order valence-corrected chi connectivity index (χ1v) is 10.5. The molecule has 0 radical (unpaired) electrons. The number of benzene rings is 4. The summed E-state index contributed by atoms with van der Waals surface area (Å²) < 4.78 is 0. The van der Waals surface area contributed by atoms with Gasteiger partial charge in [-0.05, 0) is 75.9 Å². The molecule has 0 saturated carbocycles. The van der Waals surface area contributed by atoms with Crippen LogP contribution in [-0.2, 0) is 19.3 Å². The van der Waals surface area contributed by atoms with Crippen LogP contribution in [0, 0.1) is 0 Å². The van der Waals surface area contributed by atoms with Gasteiger partial charge in [0.15, 0.2) is 0 Å². The van der Waals surface area contributed by atoms with E-state index in [0.717, 1.165) is 13.5 Å². The van der Waals surface area contributed by atoms with Crippen molar-refractivity contribution in [1.29, 1.82) is 0 Å². The van der Waals surface area contributed by atoms with E-state index in [1.54, 1.807) is 11.1 Å². The van der Waals surface area contributed by atoms with Gasteiger partial charge in [-0.3, -0.25) is 0 Å². The highest BCUT2D eigenvalue weighted by atomic mass is 35.5. The van der Waals surface area contributed by atoms with Crippen molar-refractivity contribution in [1.82, 2.24) is 0 Å². The molecular weight excluding hydrogens is 388 g/mol. The zero-order valence-electron chi connectivity index (χ0n) is 17.5. The van der Waals surface area contributed by atoms with Gasteiger partial charge in [-0.15, -0.1) is 12.4 Å². The second kappa shape index (κ2) is 10.4. The molecule has 154 valence electrons. The molecule has 0 spiro atoms. The van der Waals surface area contributed by atoms with E-state index in [1.807, 2.05) is 0 Å². The molecule has 30 heavy (non-hydrogen) atoms. The van der Waals surface area contributed by atoms with E-state index in [2.05, 4.69) is 84.9 Å². The summed E-state index contributed by atoms with van der Waals surface area (Å²) >= 11 is 0. The van der Waals surface area contributed by atoms with Crippen molar-refractivity contribution in [3.8, 4) is 0 Å². The zero-order chi connectivity index (χ0) is 20.1. The van der Waals surface area contributed by atoms with Gasteiger partial charge in [0.05, 0.1) is 0 Å². The van der Waals surface area contributed by atoms with Crippen LogP contribution >= 0.6 is 12.4 Å². The molecule has 0 bridgehead atoms. The van der Waals surface area contributed by atoms with Crippen LogP contribution in [0.2, 0.25) is 0 Å². The summed E-state index contributed by atoms with van der Waals surface area (Å²) in [7, 11) is 1.00. The van der Waals surface area contributed by atoms with Crippen LogP contribution in [0.4, 0.5) is 0 Å². The quantitative estimate of drug-likeness (QED) is 0.301. The second-order valence-electron chi connectivity index (χ2n) is 7.60. The molecule has 4 aromatic carbocycles. The number of rotatable bonds is 0. The molecule has 0 fully saturated rings. The van der Waals surface area contributed by atoms with E-state index in [1.165, 1.54) is 58.4 Å². The minimum atomic E-state index is 0. The molecule has 0 saturated heterocycles. The van der Waals surface area contributed by atoms with Crippen molar-refractivity contribution in [2.24, 2.45) is 0 Å². The summed E-state index contributed by atoms with van der Waals surface area (Å²) in [5.74, 6) is 0. The third-order valence-electron chi connectivity index (χ3n) is 5.95. The Labute approximate surface area is 185 Å². The van der Waals surface area contributed by atoms with Crippen LogP contribution < -0.4 is 0 Å². The maximum absolute atomic E-state index is 7.00. The van der Waals surface area contributed by atoms with Crippen LogP contribution in [0.1, 0.15) is 35.1 Å². The van der Waals surface area contributed by atoms with Gasteiger partial charge in [0.2, 0.25) is 0 Å². The minimum absolute atomic E-state index is 0. The molecular formula is C28H29ClO. The average molecular weight is 417 g/mol. The molecule has 0 amide bonds. The normalized spacial score (nSPS) is 13.3. The van der Waals surface area contributed by atoms with Crippen LogP contribution in [0.15, 0.2) is 78.9 Å². The summed E-state index contributed by atoms with van der Waals surface area (Å²) in [6, 6.07) is 26.5. The van der Waals surface area contributed by atoms with Crippen LogP contribution in [-0.4, -0.2) is 12.2 Å². The molecule has 0 aromatic heterocycles.